The molecule has 0 spiro atoms. The maximum Gasteiger partial charge on any atom is 0.121 e. The van der Waals surface area contributed by atoms with Crippen molar-refractivity contribution < 1.29 is 14.2 Å². The van der Waals surface area contributed by atoms with Gasteiger partial charge < -0.3 is 19.5 Å². The van der Waals surface area contributed by atoms with Crippen LogP contribution < -0.4 is 14.8 Å². The number of nitrogens with one attached hydrogen (secondary N) is 1. The molecule has 1 unspecified atom stereocenters. The lowest BCUT2D eigenvalue weighted by molar-refractivity contribution is 0.0680. The van der Waals surface area contributed by atoms with Gasteiger partial charge in [-0.15, -0.1) is 0 Å². The van der Waals surface area contributed by atoms with Crippen LogP contribution in [0.2, 0.25) is 0 Å². The van der Waals surface area contributed by atoms with Gasteiger partial charge in [0.15, 0.2) is 0 Å². The molecule has 2 aromatic rings. The van der Waals surface area contributed by atoms with Crippen LogP contribution in [0.3, 0.4) is 0 Å². The van der Waals surface area contributed by atoms with E-state index in [0.717, 1.165) is 49.8 Å². The molecule has 1 N–H and O–H groups in total. The first kappa shape index (κ1) is 18.6. The average molecular weight is 355 g/mol. The molecule has 140 valence electrons. The van der Waals surface area contributed by atoms with E-state index >= 15 is 0 Å². The number of rotatable bonds is 9. The second-order valence-electron chi connectivity index (χ2n) is 7.18. The topological polar surface area (TPSA) is 39.7 Å². The predicted octanol–water partition coefficient (Wildman–Crippen LogP) is 4.89. The van der Waals surface area contributed by atoms with E-state index in [2.05, 4.69) is 37.4 Å². The molecule has 4 heteroatoms. The van der Waals surface area contributed by atoms with Crippen molar-refractivity contribution in [2.75, 3.05) is 25.1 Å². The van der Waals surface area contributed by atoms with Crippen molar-refractivity contribution in [3.05, 3.63) is 54.1 Å². The summed E-state index contributed by atoms with van der Waals surface area (Å²) in [5.74, 6) is 2.32. The van der Waals surface area contributed by atoms with Crippen LogP contribution in [0.15, 0.2) is 48.5 Å². The molecular formula is C22H29NO3. The minimum absolute atomic E-state index is 0.236. The third kappa shape index (κ3) is 5.95. The minimum Gasteiger partial charge on any atom is -0.493 e. The maximum absolute atomic E-state index is 5.87. The summed E-state index contributed by atoms with van der Waals surface area (Å²) < 4.78 is 17.3. The van der Waals surface area contributed by atoms with Gasteiger partial charge in [0.1, 0.15) is 18.1 Å². The monoisotopic (exact) mass is 355 g/mol. The normalized spacial score (nSPS) is 16.7. The second kappa shape index (κ2) is 9.48. The van der Waals surface area contributed by atoms with E-state index < -0.39 is 0 Å². The molecule has 4 nitrogen and oxygen atoms in total. The van der Waals surface area contributed by atoms with Gasteiger partial charge in [-0.2, -0.15) is 0 Å². The zero-order valence-corrected chi connectivity index (χ0v) is 15.7. The summed E-state index contributed by atoms with van der Waals surface area (Å²) in [6.45, 7) is 7.27. The van der Waals surface area contributed by atoms with Crippen LogP contribution in [-0.2, 0) is 11.3 Å². The Hall–Kier alpha value is -2.20. The lowest BCUT2D eigenvalue weighted by Gasteiger charge is -2.13. The Morgan fingerprint density at radius 2 is 1.88 bits per heavy atom. The number of benzene rings is 2. The van der Waals surface area contributed by atoms with Crippen LogP contribution in [0, 0.1) is 5.92 Å². The minimum atomic E-state index is 0.236. The van der Waals surface area contributed by atoms with Crippen molar-refractivity contribution in [1.29, 1.82) is 0 Å². The summed E-state index contributed by atoms with van der Waals surface area (Å²) >= 11 is 0. The van der Waals surface area contributed by atoms with Crippen molar-refractivity contribution in [2.45, 2.75) is 39.3 Å². The fourth-order valence-corrected chi connectivity index (χ4v) is 2.87. The van der Waals surface area contributed by atoms with E-state index in [-0.39, 0.29) is 6.10 Å². The summed E-state index contributed by atoms with van der Waals surface area (Å²) in [7, 11) is 0. The fourth-order valence-electron chi connectivity index (χ4n) is 2.87. The van der Waals surface area contributed by atoms with Gasteiger partial charge >= 0.3 is 0 Å². The smallest absolute Gasteiger partial charge is 0.121 e. The predicted molar refractivity (Wildman–Crippen MR) is 105 cm³/mol. The van der Waals surface area contributed by atoms with E-state index in [1.807, 2.05) is 30.3 Å². The molecule has 0 radical (unpaired) electrons. The molecule has 1 aliphatic rings. The molecule has 0 bridgehead atoms. The average Bonchev–Trinajstić information content (AvgIpc) is 3.17. The fraction of sp³-hybridized carbons (Fsp3) is 0.455. The standard InChI is InChI=1S/C22H29NO3/c1-17(2)15-25-20-8-3-6-18(12-20)14-23-19-7-4-9-21(13-19)26-16-22-10-5-11-24-22/h3-4,6-9,12-13,17,22-23H,5,10-11,14-16H2,1-2H3. The third-order valence-corrected chi connectivity index (χ3v) is 4.27. The third-order valence-electron chi connectivity index (χ3n) is 4.27. The van der Waals surface area contributed by atoms with Crippen molar-refractivity contribution in [2.24, 2.45) is 5.92 Å². The Labute approximate surface area is 156 Å². The van der Waals surface area contributed by atoms with Crippen LogP contribution in [-0.4, -0.2) is 25.9 Å². The molecule has 1 fully saturated rings. The molecule has 1 aliphatic heterocycles. The summed E-state index contributed by atoms with van der Waals surface area (Å²) in [6, 6.07) is 16.3. The first-order valence-corrected chi connectivity index (χ1v) is 9.49. The largest absolute Gasteiger partial charge is 0.493 e. The van der Waals surface area contributed by atoms with Gasteiger partial charge in [0.25, 0.3) is 0 Å². The van der Waals surface area contributed by atoms with Crippen molar-refractivity contribution in [3.8, 4) is 11.5 Å². The quantitative estimate of drug-likeness (QED) is 0.695. The maximum atomic E-state index is 5.87. The van der Waals surface area contributed by atoms with Crippen molar-refractivity contribution in [1.82, 2.24) is 0 Å². The van der Waals surface area contributed by atoms with Crippen LogP contribution in [0.5, 0.6) is 11.5 Å². The van der Waals surface area contributed by atoms with Crippen LogP contribution >= 0.6 is 0 Å². The molecule has 0 amide bonds. The molecule has 1 saturated heterocycles. The number of hydrogen-bond acceptors (Lipinski definition) is 4. The lowest BCUT2D eigenvalue weighted by atomic mass is 10.2. The van der Waals surface area contributed by atoms with Crippen molar-refractivity contribution >= 4 is 5.69 Å². The number of ether oxygens (including phenoxy) is 3. The molecular weight excluding hydrogens is 326 g/mol. The second-order valence-corrected chi connectivity index (χ2v) is 7.18. The van der Waals surface area contributed by atoms with E-state index in [1.54, 1.807) is 0 Å². The number of anilines is 1. The molecule has 1 atom stereocenters. The van der Waals surface area contributed by atoms with E-state index in [0.29, 0.717) is 12.5 Å². The molecule has 2 aromatic carbocycles. The molecule has 3 rings (SSSR count). The zero-order valence-electron chi connectivity index (χ0n) is 15.7. The van der Waals surface area contributed by atoms with Crippen molar-refractivity contribution in [3.63, 3.8) is 0 Å². The highest BCUT2D eigenvalue weighted by Gasteiger charge is 2.15. The van der Waals surface area contributed by atoms with Gasteiger partial charge in [0.05, 0.1) is 12.7 Å². The van der Waals surface area contributed by atoms with E-state index in [1.165, 1.54) is 5.56 Å². The highest BCUT2D eigenvalue weighted by atomic mass is 16.5. The summed E-state index contributed by atoms with van der Waals surface area (Å²) in [6.07, 6.45) is 2.46. The van der Waals surface area contributed by atoms with E-state index in [9.17, 15) is 0 Å². The van der Waals surface area contributed by atoms with Gasteiger partial charge in [-0.1, -0.05) is 32.0 Å². The first-order chi connectivity index (χ1) is 12.7. The first-order valence-electron chi connectivity index (χ1n) is 9.49. The Kier molecular flexibility index (Phi) is 6.78. The molecule has 0 saturated carbocycles. The highest BCUT2D eigenvalue weighted by Crippen LogP contribution is 2.21. The Bertz CT molecular complexity index is 681. The van der Waals surface area contributed by atoms with Gasteiger partial charge in [-0.05, 0) is 48.6 Å². The Balaban J connectivity index is 1.51. The zero-order chi connectivity index (χ0) is 18.2. The molecule has 26 heavy (non-hydrogen) atoms. The Morgan fingerprint density at radius 1 is 1.08 bits per heavy atom. The van der Waals surface area contributed by atoms with Gasteiger partial charge in [-0.25, -0.2) is 0 Å². The van der Waals surface area contributed by atoms with Crippen LogP contribution in [0.1, 0.15) is 32.3 Å². The summed E-state index contributed by atoms with van der Waals surface area (Å²) in [5.41, 5.74) is 2.24. The van der Waals surface area contributed by atoms with Crippen LogP contribution in [0.4, 0.5) is 5.69 Å². The van der Waals surface area contributed by atoms with Gasteiger partial charge in [0, 0.05) is 24.9 Å². The summed E-state index contributed by atoms with van der Waals surface area (Å²) in [5, 5.41) is 3.45. The Morgan fingerprint density at radius 3 is 2.65 bits per heavy atom. The van der Waals surface area contributed by atoms with Crippen LogP contribution in [0.25, 0.3) is 0 Å². The van der Waals surface area contributed by atoms with Gasteiger partial charge in [0.2, 0.25) is 0 Å². The molecule has 0 aliphatic carbocycles. The number of hydrogen-bond donors (Lipinski definition) is 1. The lowest BCUT2D eigenvalue weighted by Crippen LogP contribution is -2.16. The SMILES string of the molecule is CC(C)COc1cccc(CNc2cccc(OCC3CCCO3)c2)c1. The molecule has 1 heterocycles. The molecule has 0 aromatic heterocycles. The van der Waals surface area contributed by atoms with E-state index in [4.69, 9.17) is 14.2 Å². The van der Waals surface area contributed by atoms with Gasteiger partial charge in [-0.3, -0.25) is 0 Å². The highest BCUT2D eigenvalue weighted by molar-refractivity contribution is 5.48. The summed E-state index contributed by atoms with van der Waals surface area (Å²) in [4.78, 5) is 0.